The summed E-state index contributed by atoms with van der Waals surface area (Å²) in [4.78, 5) is 36.9. The van der Waals surface area contributed by atoms with Gasteiger partial charge in [0, 0.05) is 5.70 Å². The highest BCUT2D eigenvalue weighted by Gasteiger charge is 2.32. The SMILES string of the molecule is C#CCOc1cccc(/C=N/NC(=O)COc2ccc([C@H]3NC(=O)NC(C)=C3C(=O)OCC)cc2OC)c1. The molecular weight excluding hydrogens is 492 g/mol. The lowest BCUT2D eigenvalue weighted by Crippen LogP contribution is -2.45. The highest BCUT2D eigenvalue weighted by Crippen LogP contribution is 2.34. The fourth-order valence-electron chi connectivity index (χ4n) is 3.57. The van der Waals surface area contributed by atoms with Crippen LogP contribution in [-0.2, 0) is 14.3 Å². The molecule has 0 saturated carbocycles. The Kier molecular flexibility index (Phi) is 9.71. The summed E-state index contributed by atoms with van der Waals surface area (Å²) in [5.41, 5.74) is 4.31. The third kappa shape index (κ3) is 7.27. The maximum atomic E-state index is 12.5. The van der Waals surface area contributed by atoms with Crippen LogP contribution in [-0.4, -0.2) is 51.1 Å². The lowest BCUT2D eigenvalue weighted by molar-refractivity contribution is -0.139. The zero-order valence-corrected chi connectivity index (χ0v) is 21.2. The molecule has 0 radical (unpaired) electrons. The van der Waals surface area contributed by atoms with E-state index in [1.54, 1.807) is 56.3 Å². The number of carbonyl (C=O) groups is 3. The van der Waals surface area contributed by atoms with Gasteiger partial charge in [-0.25, -0.2) is 15.0 Å². The van der Waals surface area contributed by atoms with Crippen molar-refractivity contribution >= 4 is 24.1 Å². The second kappa shape index (κ2) is 13.4. The Morgan fingerprint density at radius 3 is 2.74 bits per heavy atom. The van der Waals surface area contributed by atoms with E-state index in [4.69, 9.17) is 25.4 Å². The first-order valence-electron chi connectivity index (χ1n) is 11.6. The van der Waals surface area contributed by atoms with Gasteiger partial charge in [-0.2, -0.15) is 5.10 Å². The van der Waals surface area contributed by atoms with Crippen molar-refractivity contribution in [2.75, 3.05) is 26.9 Å². The smallest absolute Gasteiger partial charge is 0.338 e. The molecule has 3 N–H and O–H groups in total. The van der Waals surface area contributed by atoms with Crippen molar-refractivity contribution in [1.82, 2.24) is 16.1 Å². The van der Waals surface area contributed by atoms with Crippen LogP contribution in [0, 0.1) is 12.3 Å². The van der Waals surface area contributed by atoms with Crippen LogP contribution in [0.3, 0.4) is 0 Å². The number of hydrazone groups is 1. The summed E-state index contributed by atoms with van der Waals surface area (Å²) in [6, 6.07) is 10.7. The monoisotopic (exact) mass is 520 g/mol. The van der Waals surface area contributed by atoms with Gasteiger partial charge >= 0.3 is 12.0 Å². The Morgan fingerprint density at radius 2 is 2.00 bits per heavy atom. The molecule has 0 spiro atoms. The van der Waals surface area contributed by atoms with Gasteiger partial charge in [0.05, 0.1) is 31.5 Å². The van der Waals surface area contributed by atoms with Crippen LogP contribution in [0.5, 0.6) is 17.2 Å². The molecule has 0 fully saturated rings. The molecule has 1 heterocycles. The van der Waals surface area contributed by atoms with Crippen LogP contribution in [0.2, 0.25) is 0 Å². The predicted molar refractivity (Wildman–Crippen MR) is 139 cm³/mol. The Bertz CT molecular complexity index is 1300. The van der Waals surface area contributed by atoms with Crippen molar-refractivity contribution in [3.05, 3.63) is 64.9 Å². The number of hydrogen-bond donors (Lipinski definition) is 3. The minimum absolute atomic E-state index is 0.147. The third-order valence-corrected chi connectivity index (χ3v) is 5.23. The summed E-state index contributed by atoms with van der Waals surface area (Å²) < 4.78 is 21.5. The Hall–Kier alpha value is -4.98. The van der Waals surface area contributed by atoms with Gasteiger partial charge in [-0.3, -0.25) is 4.79 Å². The standard InChI is InChI=1S/C27H28N4O7/c1-5-12-37-20-9-7-8-18(13-20)15-28-31-23(32)16-38-21-11-10-19(14-22(21)35-4)25-24(26(33)36-6-2)17(3)29-27(34)30-25/h1,7-11,13-15,25H,6,12,16H2,2-4H3,(H,31,32)(H2,29,30,34)/b28-15+/t25-/m1/s1. The number of carbonyl (C=O) groups excluding carboxylic acids is 3. The van der Waals surface area contributed by atoms with Crippen molar-refractivity contribution in [1.29, 1.82) is 0 Å². The van der Waals surface area contributed by atoms with E-state index in [1.807, 2.05) is 0 Å². The van der Waals surface area contributed by atoms with Gasteiger partial charge in [0.2, 0.25) is 0 Å². The number of ether oxygens (including phenoxy) is 4. The van der Waals surface area contributed by atoms with Crippen LogP contribution in [0.25, 0.3) is 0 Å². The van der Waals surface area contributed by atoms with Crippen molar-refractivity contribution in [2.24, 2.45) is 5.10 Å². The summed E-state index contributed by atoms with van der Waals surface area (Å²) in [5.74, 6) is 2.51. The number of rotatable bonds is 11. The number of nitrogens with one attached hydrogen (secondary N) is 3. The highest BCUT2D eigenvalue weighted by atomic mass is 16.5. The van der Waals surface area contributed by atoms with E-state index in [0.717, 1.165) is 0 Å². The van der Waals surface area contributed by atoms with E-state index < -0.39 is 23.9 Å². The molecule has 1 aliphatic rings. The normalized spacial score (nSPS) is 14.7. The topological polar surface area (TPSA) is 137 Å². The number of terminal acetylenes is 1. The fraction of sp³-hybridized carbons (Fsp3) is 0.259. The van der Waals surface area contributed by atoms with E-state index >= 15 is 0 Å². The Balaban J connectivity index is 1.65. The number of benzene rings is 2. The van der Waals surface area contributed by atoms with Crippen LogP contribution >= 0.6 is 0 Å². The Labute approximate surface area is 220 Å². The van der Waals surface area contributed by atoms with Gasteiger partial charge in [-0.15, -0.1) is 6.42 Å². The average molecular weight is 521 g/mol. The molecule has 3 rings (SSSR count). The molecule has 1 aliphatic heterocycles. The van der Waals surface area contributed by atoms with Gasteiger partial charge in [-0.1, -0.05) is 24.1 Å². The predicted octanol–water partition coefficient (Wildman–Crippen LogP) is 2.43. The van der Waals surface area contributed by atoms with Crippen molar-refractivity contribution in [3.8, 4) is 29.6 Å². The second-order valence-corrected chi connectivity index (χ2v) is 7.85. The van der Waals surface area contributed by atoms with Crippen LogP contribution < -0.4 is 30.3 Å². The molecule has 1 atom stereocenters. The van der Waals surface area contributed by atoms with Gasteiger partial charge in [0.25, 0.3) is 5.91 Å². The van der Waals surface area contributed by atoms with E-state index in [1.165, 1.54) is 13.3 Å². The summed E-state index contributed by atoms with van der Waals surface area (Å²) in [5, 5.41) is 9.23. The molecule has 2 aromatic rings. The minimum atomic E-state index is -0.765. The number of esters is 1. The van der Waals surface area contributed by atoms with Crippen LogP contribution in [0.4, 0.5) is 4.79 Å². The molecule has 0 bridgehead atoms. The average Bonchev–Trinajstić information content (AvgIpc) is 2.90. The zero-order chi connectivity index (χ0) is 27.5. The van der Waals surface area contributed by atoms with Crippen LogP contribution in [0.1, 0.15) is 31.0 Å². The number of allylic oxidation sites excluding steroid dienone is 1. The summed E-state index contributed by atoms with van der Waals surface area (Å²) in [6.07, 6.45) is 6.65. The second-order valence-electron chi connectivity index (χ2n) is 7.85. The largest absolute Gasteiger partial charge is 0.493 e. The summed E-state index contributed by atoms with van der Waals surface area (Å²) in [7, 11) is 1.44. The number of methoxy groups -OCH3 is 1. The first-order valence-corrected chi connectivity index (χ1v) is 11.6. The first-order chi connectivity index (χ1) is 18.4. The first kappa shape index (κ1) is 27.6. The van der Waals surface area contributed by atoms with Crippen molar-refractivity contribution < 1.29 is 33.3 Å². The molecule has 0 saturated heterocycles. The van der Waals surface area contributed by atoms with Gasteiger partial charge in [0.1, 0.15) is 12.4 Å². The minimum Gasteiger partial charge on any atom is -0.493 e. The quantitative estimate of drug-likeness (QED) is 0.179. The van der Waals surface area contributed by atoms with Crippen LogP contribution in [0.15, 0.2) is 58.8 Å². The maximum absolute atomic E-state index is 12.5. The lowest BCUT2D eigenvalue weighted by atomic mass is 9.95. The number of amides is 3. The van der Waals surface area contributed by atoms with E-state index in [-0.39, 0.29) is 31.1 Å². The number of urea groups is 1. The maximum Gasteiger partial charge on any atom is 0.338 e. The number of nitrogens with zero attached hydrogens (tertiary/aromatic N) is 1. The summed E-state index contributed by atoms with van der Waals surface area (Å²) >= 11 is 0. The molecule has 0 aromatic heterocycles. The highest BCUT2D eigenvalue weighted by molar-refractivity contribution is 5.95. The molecule has 198 valence electrons. The van der Waals surface area contributed by atoms with E-state index in [9.17, 15) is 14.4 Å². The molecule has 3 amide bonds. The van der Waals surface area contributed by atoms with Gasteiger partial charge < -0.3 is 29.6 Å². The zero-order valence-electron chi connectivity index (χ0n) is 21.2. The van der Waals surface area contributed by atoms with Crippen molar-refractivity contribution in [2.45, 2.75) is 19.9 Å². The summed E-state index contributed by atoms with van der Waals surface area (Å²) in [6.45, 7) is 3.32. The third-order valence-electron chi connectivity index (χ3n) is 5.23. The van der Waals surface area contributed by atoms with Crippen molar-refractivity contribution in [3.63, 3.8) is 0 Å². The molecule has 0 unspecified atom stereocenters. The molecule has 2 aromatic carbocycles. The van der Waals surface area contributed by atoms with Gasteiger partial charge in [-0.05, 0) is 49.2 Å². The number of hydrogen-bond acceptors (Lipinski definition) is 8. The molecule has 11 heteroatoms. The molecule has 11 nitrogen and oxygen atoms in total. The molecular formula is C27H28N4O7. The Morgan fingerprint density at radius 1 is 1.18 bits per heavy atom. The fourth-order valence-corrected chi connectivity index (χ4v) is 3.57. The molecule has 0 aliphatic carbocycles. The molecule has 38 heavy (non-hydrogen) atoms. The lowest BCUT2D eigenvalue weighted by Gasteiger charge is -2.28. The van der Waals surface area contributed by atoms with E-state index in [0.29, 0.717) is 28.3 Å². The van der Waals surface area contributed by atoms with E-state index in [2.05, 4.69) is 27.1 Å². The van der Waals surface area contributed by atoms with Gasteiger partial charge in [0.15, 0.2) is 18.1 Å².